The van der Waals surface area contributed by atoms with Crippen molar-refractivity contribution < 1.29 is 17.9 Å². The average Bonchev–Trinajstić information content (AvgIpc) is 3.03. The van der Waals surface area contributed by atoms with Gasteiger partial charge in [0.1, 0.15) is 5.75 Å². The molecule has 1 aromatic carbocycles. The molecule has 0 aliphatic carbocycles. The van der Waals surface area contributed by atoms with Crippen molar-refractivity contribution >= 4 is 23.7 Å². The van der Waals surface area contributed by atoms with Gasteiger partial charge in [-0.25, -0.2) is 0 Å². The maximum absolute atomic E-state index is 12.7. The van der Waals surface area contributed by atoms with Gasteiger partial charge >= 0.3 is 6.36 Å². The number of nitrogens with one attached hydrogen (secondary N) is 1. The number of benzene rings is 1. The lowest BCUT2D eigenvalue weighted by Crippen LogP contribution is -2.45. The third kappa shape index (κ3) is 4.63. The molecule has 1 aliphatic heterocycles. The lowest BCUT2D eigenvalue weighted by atomic mass is 9.98. The fraction of sp³-hybridized carbons (Fsp3) is 0.375. The first-order valence-corrected chi connectivity index (χ1v) is 8.30. The number of hydrogen-bond donors (Lipinski definition) is 1. The number of ether oxygens (including phenoxy) is 1. The Hall–Kier alpha value is -1.28. The van der Waals surface area contributed by atoms with Crippen molar-refractivity contribution in [3.8, 4) is 5.75 Å². The number of alkyl halides is 3. The van der Waals surface area contributed by atoms with Crippen molar-refractivity contribution in [2.24, 2.45) is 0 Å². The van der Waals surface area contributed by atoms with Crippen molar-refractivity contribution in [3.63, 3.8) is 0 Å². The van der Waals surface area contributed by atoms with Crippen LogP contribution in [0.25, 0.3) is 0 Å². The van der Waals surface area contributed by atoms with Crippen molar-refractivity contribution in [1.82, 2.24) is 10.2 Å². The van der Waals surface area contributed by atoms with Crippen LogP contribution in [0.5, 0.6) is 5.75 Å². The molecular formula is C16H18ClF3N2OS. The summed E-state index contributed by atoms with van der Waals surface area (Å²) in [5.74, 6) is -0.130. The number of thiophene rings is 1. The summed E-state index contributed by atoms with van der Waals surface area (Å²) >= 11 is 1.54. The van der Waals surface area contributed by atoms with E-state index in [2.05, 4.69) is 15.0 Å². The highest BCUT2D eigenvalue weighted by atomic mass is 35.5. The van der Waals surface area contributed by atoms with Crippen molar-refractivity contribution in [2.75, 3.05) is 26.2 Å². The number of para-hydroxylation sites is 1. The van der Waals surface area contributed by atoms with Crippen molar-refractivity contribution in [3.05, 3.63) is 52.2 Å². The Morgan fingerprint density at radius 1 is 1.12 bits per heavy atom. The van der Waals surface area contributed by atoms with Crippen LogP contribution in [0.4, 0.5) is 13.2 Å². The molecule has 24 heavy (non-hydrogen) atoms. The number of hydrogen-bond acceptors (Lipinski definition) is 4. The first-order chi connectivity index (χ1) is 11.0. The molecular weight excluding hydrogens is 361 g/mol. The van der Waals surface area contributed by atoms with Crippen LogP contribution in [0.3, 0.4) is 0 Å². The van der Waals surface area contributed by atoms with E-state index in [1.165, 1.54) is 6.07 Å². The second-order valence-corrected chi connectivity index (χ2v) is 6.11. The zero-order chi connectivity index (χ0) is 16.3. The molecule has 0 bridgehead atoms. The zero-order valence-corrected chi connectivity index (χ0v) is 14.4. The second-order valence-electron chi connectivity index (χ2n) is 5.33. The monoisotopic (exact) mass is 378 g/mol. The molecule has 1 atom stereocenters. The van der Waals surface area contributed by atoms with Gasteiger partial charge in [0.2, 0.25) is 0 Å². The number of nitrogens with zero attached hydrogens (tertiary/aromatic N) is 1. The molecule has 2 aromatic rings. The SMILES string of the molecule is Cl.FC(F)(F)Oc1ccccc1[C@H](c1ccsc1)N1CCNCC1. The van der Waals surface area contributed by atoms with E-state index >= 15 is 0 Å². The molecule has 2 heterocycles. The minimum atomic E-state index is -4.70. The maximum atomic E-state index is 12.7. The molecule has 0 radical (unpaired) electrons. The van der Waals surface area contributed by atoms with Crippen LogP contribution < -0.4 is 10.1 Å². The summed E-state index contributed by atoms with van der Waals surface area (Å²) in [6.07, 6.45) is -4.70. The van der Waals surface area contributed by atoms with Crippen LogP contribution in [-0.4, -0.2) is 37.4 Å². The van der Waals surface area contributed by atoms with E-state index in [-0.39, 0.29) is 24.2 Å². The third-order valence-corrected chi connectivity index (χ3v) is 4.52. The Balaban J connectivity index is 0.00000208. The minimum absolute atomic E-state index is 0. The summed E-state index contributed by atoms with van der Waals surface area (Å²) in [5, 5.41) is 7.19. The lowest BCUT2D eigenvalue weighted by Gasteiger charge is -2.35. The van der Waals surface area contributed by atoms with E-state index in [4.69, 9.17) is 0 Å². The van der Waals surface area contributed by atoms with Gasteiger partial charge in [-0.3, -0.25) is 4.90 Å². The predicted molar refractivity (Wildman–Crippen MR) is 91.0 cm³/mol. The van der Waals surface area contributed by atoms with Crippen LogP contribution in [0.15, 0.2) is 41.1 Å². The minimum Gasteiger partial charge on any atom is -0.405 e. The predicted octanol–water partition coefficient (Wildman–Crippen LogP) is 4.06. The van der Waals surface area contributed by atoms with Crippen LogP contribution >= 0.6 is 23.7 Å². The van der Waals surface area contributed by atoms with E-state index in [0.717, 1.165) is 31.7 Å². The Morgan fingerprint density at radius 2 is 1.83 bits per heavy atom. The van der Waals surface area contributed by atoms with Crippen molar-refractivity contribution in [2.45, 2.75) is 12.4 Å². The molecule has 1 fully saturated rings. The van der Waals surface area contributed by atoms with Gasteiger partial charge in [-0.2, -0.15) is 11.3 Å². The first-order valence-electron chi connectivity index (χ1n) is 7.36. The Bertz CT molecular complexity index is 631. The standard InChI is InChI=1S/C16H17F3N2OS.ClH/c17-16(18,19)22-14-4-2-1-3-13(14)15(12-5-10-23-11-12)21-8-6-20-7-9-21;/h1-5,10-11,15,20H,6-9H2;1H/t15-;/m0./s1. The number of rotatable bonds is 4. The Kier molecular flexibility index (Phi) is 6.51. The molecule has 3 nitrogen and oxygen atoms in total. The molecule has 0 spiro atoms. The summed E-state index contributed by atoms with van der Waals surface area (Å²) < 4.78 is 42.4. The maximum Gasteiger partial charge on any atom is 0.573 e. The van der Waals surface area contributed by atoms with Gasteiger partial charge < -0.3 is 10.1 Å². The van der Waals surface area contributed by atoms with E-state index in [9.17, 15) is 13.2 Å². The first kappa shape index (κ1) is 19.1. The lowest BCUT2D eigenvalue weighted by molar-refractivity contribution is -0.275. The molecule has 1 aliphatic rings. The molecule has 1 N–H and O–H groups in total. The highest BCUT2D eigenvalue weighted by Crippen LogP contribution is 2.37. The Morgan fingerprint density at radius 3 is 2.46 bits per heavy atom. The summed E-state index contributed by atoms with van der Waals surface area (Å²) in [5.41, 5.74) is 1.54. The van der Waals surface area contributed by atoms with Crippen LogP contribution in [0.2, 0.25) is 0 Å². The highest BCUT2D eigenvalue weighted by molar-refractivity contribution is 7.08. The zero-order valence-electron chi connectivity index (χ0n) is 12.8. The molecule has 3 rings (SSSR count). The fourth-order valence-corrected chi connectivity index (χ4v) is 3.56. The normalized spacial score (nSPS) is 17.1. The molecule has 8 heteroatoms. The Labute approximate surface area is 148 Å². The van der Waals surface area contributed by atoms with Gasteiger partial charge in [0.25, 0.3) is 0 Å². The molecule has 1 aromatic heterocycles. The molecule has 0 amide bonds. The van der Waals surface area contributed by atoms with Crippen LogP contribution in [-0.2, 0) is 0 Å². The van der Waals surface area contributed by atoms with Gasteiger partial charge in [-0.1, -0.05) is 18.2 Å². The van der Waals surface area contributed by atoms with Gasteiger partial charge in [0.15, 0.2) is 0 Å². The van der Waals surface area contributed by atoms with E-state index < -0.39 is 6.36 Å². The van der Waals surface area contributed by atoms with Crippen LogP contribution in [0, 0.1) is 0 Å². The number of piperazine rings is 1. The van der Waals surface area contributed by atoms with Crippen LogP contribution in [0.1, 0.15) is 17.2 Å². The summed E-state index contributed by atoms with van der Waals surface area (Å²) in [4.78, 5) is 2.19. The van der Waals surface area contributed by atoms with E-state index in [1.807, 2.05) is 16.8 Å². The topological polar surface area (TPSA) is 24.5 Å². The van der Waals surface area contributed by atoms with E-state index in [0.29, 0.717) is 5.56 Å². The second kappa shape index (κ2) is 8.20. The molecule has 0 unspecified atom stereocenters. The smallest absolute Gasteiger partial charge is 0.405 e. The fourth-order valence-electron chi connectivity index (χ4n) is 2.88. The van der Waals surface area contributed by atoms with Gasteiger partial charge in [-0.05, 0) is 28.5 Å². The van der Waals surface area contributed by atoms with Crippen molar-refractivity contribution in [1.29, 1.82) is 0 Å². The quantitative estimate of drug-likeness (QED) is 0.868. The van der Waals surface area contributed by atoms with E-state index in [1.54, 1.807) is 29.5 Å². The largest absolute Gasteiger partial charge is 0.573 e. The third-order valence-electron chi connectivity index (χ3n) is 3.81. The molecule has 132 valence electrons. The van der Waals surface area contributed by atoms with Gasteiger partial charge in [0.05, 0.1) is 6.04 Å². The number of halogens is 4. The van der Waals surface area contributed by atoms with Gasteiger partial charge in [-0.15, -0.1) is 25.6 Å². The molecule has 1 saturated heterocycles. The van der Waals surface area contributed by atoms with Gasteiger partial charge in [0, 0.05) is 31.7 Å². The highest BCUT2D eigenvalue weighted by Gasteiger charge is 2.34. The summed E-state index contributed by atoms with van der Waals surface area (Å²) in [6, 6.07) is 8.13. The average molecular weight is 379 g/mol. The summed E-state index contributed by atoms with van der Waals surface area (Å²) in [7, 11) is 0. The molecule has 0 saturated carbocycles. The summed E-state index contributed by atoms with van der Waals surface area (Å²) in [6.45, 7) is 3.20.